The Morgan fingerprint density at radius 2 is 1.75 bits per heavy atom. The summed E-state index contributed by atoms with van der Waals surface area (Å²) in [6.07, 6.45) is 1.32. The Morgan fingerprint density at radius 3 is 2.41 bits per heavy atom. The first-order valence-corrected chi connectivity index (χ1v) is 9.97. The summed E-state index contributed by atoms with van der Waals surface area (Å²) in [6.45, 7) is 1.65. The molecular formula is C22H14BrN3O6. The van der Waals surface area contributed by atoms with E-state index in [1.54, 1.807) is 37.3 Å². The van der Waals surface area contributed by atoms with Gasteiger partial charge < -0.3 is 14.6 Å². The number of carboxylic acids is 2. The van der Waals surface area contributed by atoms with Crippen molar-refractivity contribution in [2.24, 2.45) is 5.10 Å². The van der Waals surface area contributed by atoms with Crippen LogP contribution < -0.4 is 5.56 Å². The Labute approximate surface area is 188 Å². The van der Waals surface area contributed by atoms with Gasteiger partial charge >= 0.3 is 11.9 Å². The molecule has 0 aliphatic rings. The van der Waals surface area contributed by atoms with Gasteiger partial charge in [-0.05, 0) is 55.5 Å². The lowest BCUT2D eigenvalue weighted by molar-refractivity contribution is 0.0696. The maximum absolute atomic E-state index is 12.8. The molecule has 2 aromatic carbocycles. The van der Waals surface area contributed by atoms with E-state index in [-0.39, 0.29) is 33.8 Å². The minimum Gasteiger partial charge on any atom is -0.478 e. The van der Waals surface area contributed by atoms with Crippen LogP contribution in [0.5, 0.6) is 0 Å². The largest absolute Gasteiger partial charge is 0.478 e. The lowest BCUT2D eigenvalue weighted by Crippen LogP contribution is -2.20. The average Bonchev–Trinajstić information content (AvgIpc) is 3.23. The molecule has 2 N–H and O–H groups in total. The van der Waals surface area contributed by atoms with Crippen molar-refractivity contribution in [2.45, 2.75) is 6.92 Å². The normalized spacial score (nSPS) is 11.3. The van der Waals surface area contributed by atoms with Gasteiger partial charge in [0.05, 0.1) is 28.2 Å². The fraction of sp³-hybridized carbons (Fsp3) is 0.0455. The molecule has 32 heavy (non-hydrogen) atoms. The predicted octanol–water partition coefficient (Wildman–Crippen LogP) is 4.01. The van der Waals surface area contributed by atoms with E-state index in [4.69, 9.17) is 4.42 Å². The summed E-state index contributed by atoms with van der Waals surface area (Å²) in [5.74, 6) is -1.60. The van der Waals surface area contributed by atoms with Gasteiger partial charge in [-0.1, -0.05) is 15.9 Å². The Kier molecular flexibility index (Phi) is 5.45. The van der Waals surface area contributed by atoms with Gasteiger partial charge in [-0.25, -0.2) is 14.6 Å². The van der Waals surface area contributed by atoms with Gasteiger partial charge in [0.1, 0.15) is 17.3 Å². The number of carboxylic acid groups (broad SMARTS) is 2. The number of hydrogen-bond acceptors (Lipinski definition) is 6. The number of carbonyl (C=O) groups is 2. The van der Waals surface area contributed by atoms with Crippen molar-refractivity contribution < 1.29 is 24.2 Å². The van der Waals surface area contributed by atoms with Crippen molar-refractivity contribution in [1.82, 2.24) is 9.66 Å². The van der Waals surface area contributed by atoms with Crippen LogP contribution in [0.4, 0.5) is 0 Å². The summed E-state index contributed by atoms with van der Waals surface area (Å²) in [7, 11) is 0. The second-order valence-corrected chi connectivity index (χ2v) is 7.71. The van der Waals surface area contributed by atoms with E-state index in [1.807, 2.05) is 0 Å². The van der Waals surface area contributed by atoms with Gasteiger partial charge in [-0.15, -0.1) is 0 Å². The van der Waals surface area contributed by atoms with Gasteiger partial charge in [0.15, 0.2) is 0 Å². The number of halogens is 1. The summed E-state index contributed by atoms with van der Waals surface area (Å²) in [5.41, 5.74) is 0.128. The summed E-state index contributed by atoms with van der Waals surface area (Å²) in [6, 6.07) is 12.0. The third-order valence-corrected chi connectivity index (χ3v) is 5.10. The van der Waals surface area contributed by atoms with Crippen LogP contribution in [0.15, 0.2) is 67.3 Å². The Bertz CT molecular complexity index is 1450. The van der Waals surface area contributed by atoms with Crippen molar-refractivity contribution in [3.05, 3.63) is 86.1 Å². The molecule has 0 fully saturated rings. The quantitative estimate of drug-likeness (QED) is 0.399. The summed E-state index contributed by atoms with van der Waals surface area (Å²) in [5, 5.41) is 23.0. The predicted molar refractivity (Wildman–Crippen MR) is 119 cm³/mol. The van der Waals surface area contributed by atoms with Gasteiger partial charge in [0.2, 0.25) is 0 Å². The molecule has 10 heteroatoms. The van der Waals surface area contributed by atoms with E-state index >= 15 is 0 Å². The lowest BCUT2D eigenvalue weighted by atomic mass is 10.0. The molecule has 0 spiro atoms. The fourth-order valence-electron chi connectivity index (χ4n) is 3.10. The van der Waals surface area contributed by atoms with Crippen molar-refractivity contribution in [1.29, 1.82) is 0 Å². The standard InChI is InChI=1S/C22H14BrN3O6/c1-11-25-18-4-2-15(23)9-17(18)20(27)26(11)24-10-16-3-5-19(32-16)12-6-13(21(28)29)8-14(7-12)22(30)31/h2-10H,1H3,(H,28,29)(H,30,31). The number of furan rings is 1. The summed E-state index contributed by atoms with van der Waals surface area (Å²) in [4.78, 5) is 39.8. The second-order valence-electron chi connectivity index (χ2n) is 6.79. The molecule has 4 rings (SSSR count). The van der Waals surface area contributed by atoms with Crippen LogP contribution in [0.1, 0.15) is 32.3 Å². The Morgan fingerprint density at radius 1 is 1.06 bits per heavy atom. The molecule has 0 unspecified atom stereocenters. The van der Waals surface area contributed by atoms with E-state index in [0.29, 0.717) is 16.7 Å². The van der Waals surface area contributed by atoms with Crippen LogP contribution in [0.3, 0.4) is 0 Å². The highest BCUT2D eigenvalue weighted by atomic mass is 79.9. The van der Waals surface area contributed by atoms with Gasteiger partial charge in [0, 0.05) is 10.0 Å². The van der Waals surface area contributed by atoms with Crippen LogP contribution in [0, 0.1) is 6.92 Å². The highest BCUT2D eigenvalue weighted by molar-refractivity contribution is 9.10. The van der Waals surface area contributed by atoms with Crippen molar-refractivity contribution >= 4 is 45.0 Å². The van der Waals surface area contributed by atoms with Gasteiger partial charge in [-0.3, -0.25) is 4.79 Å². The van der Waals surface area contributed by atoms with Crippen LogP contribution in [-0.4, -0.2) is 38.0 Å². The van der Waals surface area contributed by atoms with Crippen LogP contribution >= 0.6 is 15.9 Å². The molecular weight excluding hydrogens is 482 g/mol. The van der Waals surface area contributed by atoms with Crippen molar-refractivity contribution in [3.63, 3.8) is 0 Å². The molecule has 160 valence electrons. The summed E-state index contributed by atoms with van der Waals surface area (Å²) < 4.78 is 7.55. The smallest absolute Gasteiger partial charge is 0.335 e. The van der Waals surface area contributed by atoms with E-state index < -0.39 is 11.9 Å². The molecule has 9 nitrogen and oxygen atoms in total. The van der Waals surface area contributed by atoms with E-state index in [2.05, 4.69) is 26.0 Å². The highest BCUT2D eigenvalue weighted by Crippen LogP contribution is 2.25. The number of benzene rings is 2. The number of aromatic carboxylic acids is 2. The first-order chi connectivity index (χ1) is 15.2. The van der Waals surface area contributed by atoms with Gasteiger partial charge in [-0.2, -0.15) is 9.78 Å². The van der Waals surface area contributed by atoms with Crippen LogP contribution in [0.2, 0.25) is 0 Å². The van der Waals surface area contributed by atoms with E-state index in [9.17, 15) is 24.6 Å². The van der Waals surface area contributed by atoms with Crippen LogP contribution in [-0.2, 0) is 0 Å². The third-order valence-electron chi connectivity index (χ3n) is 4.61. The third kappa shape index (κ3) is 4.08. The number of hydrogen-bond donors (Lipinski definition) is 2. The zero-order valence-corrected chi connectivity index (χ0v) is 18.0. The number of rotatable bonds is 5. The molecule has 0 saturated carbocycles. The lowest BCUT2D eigenvalue weighted by Gasteiger charge is -2.05. The molecule has 0 radical (unpaired) electrons. The molecule has 0 amide bonds. The van der Waals surface area contributed by atoms with E-state index in [0.717, 1.165) is 15.2 Å². The average molecular weight is 496 g/mol. The maximum atomic E-state index is 12.8. The number of nitrogens with zero attached hydrogens (tertiary/aromatic N) is 3. The number of fused-ring (bicyclic) bond motifs is 1. The Hall–Kier alpha value is -4.05. The summed E-state index contributed by atoms with van der Waals surface area (Å²) >= 11 is 3.34. The first kappa shape index (κ1) is 21.2. The fourth-order valence-corrected chi connectivity index (χ4v) is 3.47. The molecule has 2 heterocycles. The molecule has 2 aromatic heterocycles. The maximum Gasteiger partial charge on any atom is 0.335 e. The van der Waals surface area contributed by atoms with Crippen LogP contribution in [0.25, 0.3) is 22.2 Å². The van der Waals surface area contributed by atoms with Crippen molar-refractivity contribution in [3.8, 4) is 11.3 Å². The zero-order valence-electron chi connectivity index (χ0n) is 16.4. The molecule has 0 saturated heterocycles. The minimum atomic E-state index is -1.26. The minimum absolute atomic E-state index is 0.179. The molecule has 0 bridgehead atoms. The SMILES string of the molecule is Cc1nc2ccc(Br)cc2c(=O)n1N=Cc1ccc(-c2cc(C(=O)O)cc(C(=O)O)c2)o1. The van der Waals surface area contributed by atoms with Crippen molar-refractivity contribution in [2.75, 3.05) is 0 Å². The van der Waals surface area contributed by atoms with E-state index in [1.165, 1.54) is 18.3 Å². The molecule has 0 atom stereocenters. The molecule has 4 aromatic rings. The topological polar surface area (TPSA) is 135 Å². The first-order valence-electron chi connectivity index (χ1n) is 9.18. The second kappa shape index (κ2) is 8.23. The Balaban J connectivity index is 1.71. The highest BCUT2D eigenvalue weighted by Gasteiger charge is 2.14. The number of aromatic nitrogens is 2. The van der Waals surface area contributed by atoms with Gasteiger partial charge in [0.25, 0.3) is 5.56 Å². The molecule has 0 aliphatic carbocycles. The zero-order chi connectivity index (χ0) is 23.0. The monoisotopic (exact) mass is 495 g/mol. The number of aryl methyl sites for hydroxylation is 1. The molecule has 0 aliphatic heterocycles.